The molecule has 1 heterocycles. The van der Waals surface area contributed by atoms with Gasteiger partial charge in [0.2, 0.25) is 11.9 Å². The molecule has 5 heteroatoms. The fraction of sp³-hybridized carbons (Fsp3) is 0.700. The zero-order chi connectivity index (χ0) is 10.7. The number of aromatic amines is 1. The van der Waals surface area contributed by atoms with E-state index < -0.39 is 0 Å². The number of nitrogens with one attached hydrogen (secondary N) is 2. The van der Waals surface area contributed by atoms with Crippen LogP contribution in [0.15, 0.2) is 6.33 Å². The van der Waals surface area contributed by atoms with E-state index in [1.54, 1.807) is 0 Å². The lowest BCUT2D eigenvalue weighted by Gasteiger charge is -2.24. The van der Waals surface area contributed by atoms with Gasteiger partial charge in [-0.3, -0.25) is 10.1 Å². The van der Waals surface area contributed by atoms with Crippen molar-refractivity contribution in [1.29, 1.82) is 0 Å². The zero-order valence-electron chi connectivity index (χ0n) is 8.86. The lowest BCUT2D eigenvalue weighted by atomic mass is 9.82. The van der Waals surface area contributed by atoms with Gasteiger partial charge in [-0.05, 0) is 31.6 Å². The molecule has 1 saturated carbocycles. The van der Waals surface area contributed by atoms with Crippen LogP contribution in [0.1, 0.15) is 32.6 Å². The van der Waals surface area contributed by atoms with Crippen LogP contribution in [-0.2, 0) is 4.79 Å². The van der Waals surface area contributed by atoms with Gasteiger partial charge < -0.3 is 0 Å². The third-order valence-corrected chi connectivity index (χ3v) is 3.04. The molecule has 0 bridgehead atoms. The summed E-state index contributed by atoms with van der Waals surface area (Å²) in [6, 6.07) is 0. The van der Waals surface area contributed by atoms with E-state index in [0.717, 1.165) is 31.6 Å². The zero-order valence-corrected chi connectivity index (χ0v) is 8.86. The molecule has 1 fully saturated rings. The Bertz CT molecular complexity index is 314. The molecule has 1 aromatic rings. The second kappa shape index (κ2) is 4.42. The summed E-state index contributed by atoms with van der Waals surface area (Å²) < 4.78 is 0. The Hall–Kier alpha value is -1.39. The summed E-state index contributed by atoms with van der Waals surface area (Å²) >= 11 is 0. The van der Waals surface area contributed by atoms with E-state index in [-0.39, 0.29) is 11.8 Å². The third kappa shape index (κ3) is 2.55. The number of anilines is 1. The topological polar surface area (TPSA) is 70.7 Å². The molecule has 0 unspecified atom stereocenters. The first kappa shape index (κ1) is 10.1. The number of carbonyl (C=O) groups excluding carboxylic acids is 1. The Labute approximate surface area is 88.7 Å². The fourth-order valence-corrected chi connectivity index (χ4v) is 2.01. The van der Waals surface area contributed by atoms with Gasteiger partial charge in [0.1, 0.15) is 6.33 Å². The Morgan fingerprint density at radius 1 is 1.47 bits per heavy atom. The largest absolute Gasteiger partial charge is 0.295 e. The lowest BCUT2D eigenvalue weighted by molar-refractivity contribution is -0.121. The molecule has 0 radical (unpaired) electrons. The van der Waals surface area contributed by atoms with E-state index >= 15 is 0 Å². The predicted octanol–water partition coefficient (Wildman–Crippen LogP) is 1.57. The summed E-state index contributed by atoms with van der Waals surface area (Å²) in [5.74, 6) is 1.42. The highest BCUT2D eigenvalue weighted by Gasteiger charge is 2.24. The quantitative estimate of drug-likeness (QED) is 0.775. The first-order valence-corrected chi connectivity index (χ1v) is 5.42. The van der Waals surface area contributed by atoms with E-state index in [9.17, 15) is 4.79 Å². The first-order valence-electron chi connectivity index (χ1n) is 5.42. The van der Waals surface area contributed by atoms with Gasteiger partial charge in [0.15, 0.2) is 0 Å². The number of amides is 1. The van der Waals surface area contributed by atoms with Gasteiger partial charge in [-0.25, -0.2) is 5.10 Å². The van der Waals surface area contributed by atoms with Crippen molar-refractivity contribution in [3.63, 3.8) is 0 Å². The third-order valence-electron chi connectivity index (χ3n) is 3.04. The molecular formula is C10H16N4O. The number of nitrogens with zero attached hydrogens (tertiary/aromatic N) is 2. The molecule has 1 aromatic heterocycles. The summed E-state index contributed by atoms with van der Waals surface area (Å²) in [5.41, 5.74) is 0. The second-order valence-electron chi connectivity index (χ2n) is 4.28. The highest BCUT2D eigenvalue weighted by Crippen LogP contribution is 2.28. The van der Waals surface area contributed by atoms with Crippen LogP contribution in [0.4, 0.5) is 5.95 Å². The SMILES string of the molecule is CC1CCC(C(=O)Nc2ncn[nH]2)CC1. The average molecular weight is 208 g/mol. The van der Waals surface area contributed by atoms with E-state index in [0.29, 0.717) is 5.95 Å². The maximum absolute atomic E-state index is 11.8. The smallest absolute Gasteiger partial charge is 0.229 e. The summed E-state index contributed by atoms with van der Waals surface area (Å²) in [6.45, 7) is 2.24. The van der Waals surface area contributed by atoms with E-state index in [4.69, 9.17) is 0 Å². The normalized spacial score (nSPS) is 26.2. The maximum atomic E-state index is 11.8. The number of rotatable bonds is 2. The molecule has 2 N–H and O–H groups in total. The molecule has 0 saturated heterocycles. The number of hydrogen-bond acceptors (Lipinski definition) is 3. The van der Waals surface area contributed by atoms with Crippen LogP contribution in [0.3, 0.4) is 0 Å². The van der Waals surface area contributed by atoms with E-state index in [1.807, 2.05) is 0 Å². The Morgan fingerprint density at radius 3 is 2.80 bits per heavy atom. The van der Waals surface area contributed by atoms with Crippen molar-refractivity contribution in [3.05, 3.63) is 6.33 Å². The van der Waals surface area contributed by atoms with Gasteiger partial charge in [-0.2, -0.15) is 10.1 Å². The predicted molar refractivity (Wildman–Crippen MR) is 56.1 cm³/mol. The second-order valence-corrected chi connectivity index (χ2v) is 4.28. The molecule has 0 atom stereocenters. The van der Waals surface area contributed by atoms with Crippen LogP contribution in [0.2, 0.25) is 0 Å². The standard InChI is InChI=1S/C10H16N4O/c1-7-2-4-8(5-3-7)9(15)13-10-11-6-12-14-10/h6-8H,2-5H2,1H3,(H2,11,12,13,14,15). The summed E-state index contributed by atoms with van der Waals surface area (Å²) in [5, 5.41) is 9.04. The van der Waals surface area contributed by atoms with Crippen LogP contribution in [-0.4, -0.2) is 21.1 Å². The first-order chi connectivity index (χ1) is 7.25. The molecule has 5 nitrogen and oxygen atoms in total. The van der Waals surface area contributed by atoms with E-state index in [2.05, 4.69) is 27.4 Å². The van der Waals surface area contributed by atoms with Crippen molar-refractivity contribution in [1.82, 2.24) is 15.2 Å². The monoisotopic (exact) mass is 208 g/mol. The van der Waals surface area contributed by atoms with Crippen molar-refractivity contribution < 1.29 is 4.79 Å². The molecular weight excluding hydrogens is 192 g/mol. The van der Waals surface area contributed by atoms with Crippen molar-refractivity contribution >= 4 is 11.9 Å². The number of carbonyl (C=O) groups is 1. The highest BCUT2D eigenvalue weighted by atomic mass is 16.2. The lowest BCUT2D eigenvalue weighted by Crippen LogP contribution is -2.27. The molecule has 82 valence electrons. The van der Waals surface area contributed by atoms with Crippen molar-refractivity contribution in [3.8, 4) is 0 Å². The Balaban J connectivity index is 1.86. The molecule has 1 amide bonds. The molecule has 1 aliphatic carbocycles. The molecule has 2 rings (SSSR count). The molecule has 0 spiro atoms. The molecule has 0 aromatic carbocycles. The van der Waals surface area contributed by atoms with Crippen LogP contribution in [0.5, 0.6) is 0 Å². The average Bonchev–Trinajstić information content (AvgIpc) is 2.71. The van der Waals surface area contributed by atoms with Crippen LogP contribution in [0.25, 0.3) is 0 Å². The Kier molecular flexibility index (Phi) is 2.99. The van der Waals surface area contributed by atoms with Gasteiger partial charge >= 0.3 is 0 Å². The summed E-state index contributed by atoms with van der Waals surface area (Å²) in [7, 11) is 0. The number of H-pyrrole nitrogens is 1. The highest BCUT2D eigenvalue weighted by molar-refractivity contribution is 5.90. The van der Waals surface area contributed by atoms with Crippen LogP contribution in [0, 0.1) is 11.8 Å². The van der Waals surface area contributed by atoms with Crippen molar-refractivity contribution in [2.24, 2.45) is 11.8 Å². The molecule has 0 aliphatic heterocycles. The van der Waals surface area contributed by atoms with Crippen molar-refractivity contribution in [2.45, 2.75) is 32.6 Å². The van der Waals surface area contributed by atoms with Crippen molar-refractivity contribution in [2.75, 3.05) is 5.32 Å². The fourth-order valence-electron chi connectivity index (χ4n) is 2.01. The van der Waals surface area contributed by atoms with Gasteiger partial charge in [0, 0.05) is 5.92 Å². The van der Waals surface area contributed by atoms with E-state index in [1.165, 1.54) is 6.33 Å². The van der Waals surface area contributed by atoms with Gasteiger partial charge in [-0.1, -0.05) is 6.92 Å². The Morgan fingerprint density at radius 2 is 2.20 bits per heavy atom. The number of hydrogen-bond donors (Lipinski definition) is 2. The molecule has 1 aliphatic rings. The van der Waals surface area contributed by atoms with Gasteiger partial charge in [-0.15, -0.1) is 0 Å². The minimum atomic E-state index is 0.0682. The summed E-state index contributed by atoms with van der Waals surface area (Å²) in [4.78, 5) is 15.6. The van der Waals surface area contributed by atoms with Crippen LogP contribution < -0.4 is 5.32 Å². The van der Waals surface area contributed by atoms with Crippen LogP contribution >= 0.6 is 0 Å². The molecule has 15 heavy (non-hydrogen) atoms. The minimum Gasteiger partial charge on any atom is -0.295 e. The van der Waals surface area contributed by atoms with Gasteiger partial charge in [0.25, 0.3) is 0 Å². The summed E-state index contributed by atoms with van der Waals surface area (Å²) in [6.07, 6.45) is 5.66. The maximum Gasteiger partial charge on any atom is 0.229 e. The number of aromatic nitrogens is 3. The van der Waals surface area contributed by atoms with Gasteiger partial charge in [0.05, 0.1) is 0 Å². The minimum absolute atomic E-state index is 0.0682.